The van der Waals surface area contributed by atoms with Gasteiger partial charge in [0.25, 0.3) is 5.91 Å². The average molecular weight is 417 g/mol. The quantitative estimate of drug-likeness (QED) is 0.698. The predicted octanol–water partition coefficient (Wildman–Crippen LogP) is 4.61. The lowest BCUT2D eigenvalue weighted by Crippen LogP contribution is -2.43. The van der Waals surface area contributed by atoms with E-state index in [9.17, 15) is 4.79 Å². The molecule has 6 heteroatoms. The van der Waals surface area contributed by atoms with Crippen molar-refractivity contribution in [3.05, 3.63) is 64.7 Å². The van der Waals surface area contributed by atoms with E-state index in [1.54, 1.807) is 18.1 Å². The molecule has 1 aliphatic rings. The van der Waals surface area contributed by atoms with Crippen LogP contribution in [0.4, 0.5) is 5.69 Å². The predicted molar refractivity (Wildman–Crippen MR) is 106 cm³/mol. The van der Waals surface area contributed by atoms with Gasteiger partial charge in [0, 0.05) is 12.2 Å². The second-order valence-electron chi connectivity index (χ2n) is 5.81. The number of anilines is 1. The van der Waals surface area contributed by atoms with E-state index >= 15 is 0 Å². The molecule has 0 aromatic heterocycles. The molecule has 2 aromatic rings. The average Bonchev–Trinajstić information content (AvgIpc) is 2.65. The maximum Gasteiger partial charge on any atom is 0.258 e. The number of benzene rings is 2. The highest BCUT2D eigenvalue weighted by atomic mass is 79.9. The molecule has 0 spiro atoms. The van der Waals surface area contributed by atoms with Gasteiger partial charge in [0.1, 0.15) is 6.17 Å². The molecule has 1 aliphatic heterocycles. The van der Waals surface area contributed by atoms with E-state index in [0.29, 0.717) is 30.2 Å². The fraction of sp³-hybridized carbons (Fsp3) is 0.250. The molecule has 3 rings (SSSR count). The van der Waals surface area contributed by atoms with Crippen LogP contribution in [0.15, 0.2) is 53.5 Å². The van der Waals surface area contributed by atoms with E-state index in [4.69, 9.17) is 9.47 Å². The van der Waals surface area contributed by atoms with Crippen LogP contribution in [0.3, 0.4) is 0 Å². The highest BCUT2D eigenvalue weighted by Crippen LogP contribution is 2.41. The van der Waals surface area contributed by atoms with Crippen LogP contribution in [0.1, 0.15) is 29.0 Å². The largest absolute Gasteiger partial charge is 0.493 e. The number of nitrogens with zero attached hydrogens (tertiary/aromatic N) is 1. The van der Waals surface area contributed by atoms with Crippen LogP contribution in [0.5, 0.6) is 11.5 Å². The molecule has 1 unspecified atom stereocenters. The van der Waals surface area contributed by atoms with Crippen molar-refractivity contribution >= 4 is 27.5 Å². The molecular weight excluding hydrogens is 396 g/mol. The molecule has 1 heterocycles. The van der Waals surface area contributed by atoms with Gasteiger partial charge in [-0.15, -0.1) is 6.58 Å². The number of halogens is 1. The van der Waals surface area contributed by atoms with Crippen molar-refractivity contribution in [2.24, 2.45) is 0 Å². The number of rotatable bonds is 6. The maximum atomic E-state index is 13.0. The van der Waals surface area contributed by atoms with Crippen LogP contribution < -0.4 is 14.8 Å². The Hall–Kier alpha value is -2.47. The third-order valence-electron chi connectivity index (χ3n) is 4.20. The van der Waals surface area contributed by atoms with Crippen LogP contribution in [-0.2, 0) is 0 Å². The topological polar surface area (TPSA) is 50.8 Å². The highest BCUT2D eigenvalue weighted by molar-refractivity contribution is 9.10. The number of carbonyl (C=O) groups is 1. The highest BCUT2D eigenvalue weighted by Gasteiger charge is 2.32. The first-order valence-corrected chi connectivity index (χ1v) is 9.17. The molecule has 0 bridgehead atoms. The van der Waals surface area contributed by atoms with Gasteiger partial charge in [-0.3, -0.25) is 4.79 Å². The number of hydrogen-bond acceptors (Lipinski definition) is 4. The third-order valence-corrected chi connectivity index (χ3v) is 4.79. The van der Waals surface area contributed by atoms with E-state index in [-0.39, 0.29) is 12.1 Å². The summed E-state index contributed by atoms with van der Waals surface area (Å²) in [6.07, 6.45) is 1.39. The number of ether oxygens (including phenoxy) is 2. The van der Waals surface area contributed by atoms with Gasteiger partial charge in [-0.2, -0.15) is 0 Å². The first kappa shape index (κ1) is 18.3. The lowest BCUT2D eigenvalue weighted by molar-refractivity contribution is 0.0707. The van der Waals surface area contributed by atoms with Crippen LogP contribution in [-0.4, -0.2) is 31.1 Å². The number of methoxy groups -OCH3 is 1. The number of hydrogen-bond donors (Lipinski definition) is 1. The number of carbonyl (C=O) groups excluding carboxylic acids is 1. The summed E-state index contributed by atoms with van der Waals surface area (Å²) in [4.78, 5) is 14.7. The summed E-state index contributed by atoms with van der Waals surface area (Å²) >= 11 is 3.56. The first-order chi connectivity index (χ1) is 12.6. The SMILES string of the molecule is C=CCN1C(=O)c2ccccc2NC1c1cc(Br)c(OCC)c(OC)c1. The number of nitrogens with one attached hydrogen (secondary N) is 1. The molecule has 1 amide bonds. The molecule has 0 fully saturated rings. The molecule has 2 aromatic carbocycles. The van der Waals surface area contributed by atoms with Crippen LogP contribution in [0.25, 0.3) is 0 Å². The maximum absolute atomic E-state index is 13.0. The molecule has 136 valence electrons. The Kier molecular flexibility index (Phi) is 5.52. The molecule has 0 aliphatic carbocycles. The molecule has 5 nitrogen and oxygen atoms in total. The van der Waals surface area contributed by atoms with E-state index in [2.05, 4.69) is 27.8 Å². The van der Waals surface area contributed by atoms with Crippen molar-refractivity contribution in [1.82, 2.24) is 4.90 Å². The molecule has 0 saturated carbocycles. The van der Waals surface area contributed by atoms with Gasteiger partial charge < -0.3 is 19.7 Å². The number of amides is 1. The van der Waals surface area contributed by atoms with Crippen LogP contribution in [0.2, 0.25) is 0 Å². The van der Waals surface area contributed by atoms with Crippen molar-refractivity contribution in [3.8, 4) is 11.5 Å². The van der Waals surface area contributed by atoms with Gasteiger partial charge in [-0.05, 0) is 52.7 Å². The summed E-state index contributed by atoms with van der Waals surface area (Å²) in [7, 11) is 1.60. The molecule has 1 N–H and O–H groups in total. The Balaban J connectivity index is 2.08. The second-order valence-corrected chi connectivity index (χ2v) is 6.66. The summed E-state index contributed by atoms with van der Waals surface area (Å²) in [5, 5.41) is 3.45. The number of fused-ring (bicyclic) bond motifs is 1. The van der Waals surface area contributed by atoms with Gasteiger partial charge in [-0.1, -0.05) is 18.2 Å². The summed E-state index contributed by atoms with van der Waals surface area (Å²) < 4.78 is 11.9. The zero-order chi connectivity index (χ0) is 18.7. The van der Waals surface area contributed by atoms with Crippen molar-refractivity contribution in [3.63, 3.8) is 0 Å². The van der Waals surface area contributed by atoms with Gasteiger partial charge in [0.2, 0.25) is 0 Å². The summed E-state index contributed by atoms with van der Waals surface area (Å²) in [6, 6.07) is 11.3. The lowest BCUT2D eigenvalue weighted by Gasteiger charge is -2.37. The smallest absolute Gasteiger partial charge is 0.258 e. The van der Waals surface area contributed by atoms with Gasteiger partial charge in [-0.25, -0.2) is 0 Å². The van der Waals surface area contributed by atoms with E-state index in [0.717, 1.165) is 15.7 Å². The molecule has 0 radical (unpaired) electrons. The summed E-state index contributed by atoms with van der Waals surface area (Å²) in [6.45, 7) is 6.67. The zero-order valence-corrected chi connectivity index (χ0v) is 16.4. The Morgan fingerprint density at radius 3 is 2.81 bits per heavy atom. The zero-order valence-electron chi connectivity index (χ0n) is 14.8. The van der Waals surface area contributed by atoms with Crippen molar-refractivity contribution in [1.29, 1.82) is 0 Å². The standard InChI is InChI=1S/C20H21BrN2O3/c1-4-10-23-19(22-16-9-7-6-8-14(16)20(23)24)13-11-15(21)18(26-5-2)17(12-13)25-3/h4,6-9,11-12,19,22H,1,5,10H2,2-3H3. The van der Waals surface area contributed by atoms with Gasteiger partial charge in [0.15, 0.2) is 11.5 Å². The second kappa shape index (κ2) is 7.83. The first-order valence-electron chi connectivity index (χ1n) is 8.38. The monoisotopic (exact) mass is 416 g/mol. The molecule has 0 saturated heterocycles. The van der Waals surface area contributed by atoms with Gasteiger partial charge in [0.05, 0.1) is 23.8 Å². The molecule has 26 heavy (non-hydrogen) atoms. The van der Waals surface area contributed by atoms with E-state index in [1.165, 1.54) is 0 Å². The normalized spacial score (nSPS) is 15.9. The Bertz CT molecular complexity index is 838. The fourth-order valence-corrected chi connectivity index (χ4v) is 3.64. The Morgan fingerprint density at radius 1 is 1.35 bits per heavy atom. The van der Waals surface area contributed by atoms with Gasteiger partial charge >= 0.3 is 0 Å². The molecular formula is C20H21BrN2O3. The fourth-order valence-electron chi connectivity index (χ4n) is 3.07. The van der Waals surface area contributed by atoms with E-state index < -0.39 is 0 Å². The van der Waals surface area contributed by atoms with Crippen LogP contribution >= 0.6 is 15.9 Å². The van der Waals surface area contributed by atoms with Crippen LogP contribution in [0, 0.1) is 0 Å². The lowest BCUT2D eigenvalue weighted by atomic mass is 10.0. The minimum absolute atomic E-state index is 0.0341. The third kappa shape index (κ3) is 3.29. The van der Waals surface area contributed by atoms with Crippen molar-refractivity contribution < 1.29 is 14.3 Å². The minimum atomic E-state index is -0.337. The van der Waals surface area contributed by atoms with E-state index in [1.807, 2.05) is 43.3 Å². The Morgan fingerprint density at radius 2 is 2.12 bits per heavy atom. The van der Waals surface area contributed by atoms with Crippen molar-refractivity contribution in [2.45, 2.75) is 13.1 Å². The van der Waals surface area contributed by atoms with Crippen molar-refractivity contribution in [2.75, 3.05) is 25.6 Å². The minimum Gasteiger partial charge on any atom is -0.493 e. The summed E-state index contributed by atoms with van der Waals surface area (Å²) in [5.41, 5.74) is 2.36. The number of para-hydroxylation sites is 1. The summed E-state index contributed by atoms with van der Waals surface area (Å²) in [5.74, 6) is 1.23. The Labute approximate surface area is 161 Å². The molecule has 1 atom stereocenters.